The van der Waals surface area contributed by atoms with Gasteiger partial charge in [-0.05, 0) is 12.1 Å². The van der Waals surface area contributed by atoms with Gasteiger partial charge >= 0.3 is 6.36 Å². The first kappa shape index (κ1) is 13.5. The number of benzene rings is 1. The van der Waals surface area contributed by atoms with Crippen LogP contribution in [0.5, 0.6) is 5.75 Å². The molecule has 0 amide bonds. The molecule has 0 atom stereocenters. The molecular formula is C8H6F3NO4S. The molecule has 1 aromatic carbocycles. The smallest absolute Gasteiger partial charge is 0.405 e. The standard InChI is InChI=1S/C8H6F3NO4S/c9-8(10,11)16-6-2-1-3-7(5(6)4-13)17(12,14)15/h1-4H,(H2,12,14,15). The fourth-order valence-corrected chi connectivity index (χ4v) is 1.83. The summed E-state index contributed by atoms with van der Waals surface area (Å²) in [7, 11) is -4.30. The van der Waals surface area contributed by atoms with Gasteiger partial charge in [-0.2, -0.15) is 0 Å². The summed E-state index contributed by atoms with van der Waals surface area (Å²) < 4.78 is 61.4. The Labute approximate surface area is 94.0 Å². The van der Waals surface area contributed by atoms with Crippen molar-refractivity contribution in [3.8, 4) is 5.75 Å². The average Bonchev–Trinajstić information content (AvgIpc) is 2.13. The van der Waals surface area contributed by atoms with Crippen LogP contribution in [0.3, 0.4) is 0 Å². The van der Waals surface area contributed by atoms with Crippen molar-refractivity contribution in [3.63, 3.8) is 0 Å². The molecule has 1 aromatic rings. The fraction of sp³-hybridized carbons (Fsp3) is 0.125. The Morgan fingerprint density at radius 1 is 1.29 bits per heavy atom. The first-order valence-corrected chi connectivity index (χ1v) is 5.56. The second-order valence-electron chi connectivity index (χ2n) is 2.88. The van der Waals surface area contributed by atoms with Crippen LogP contribution in [0.1, 0.15) is 10.4 Å². The number of carbonyl (C=O) groups is 1. The normalized spacial score (nSPS) is 12.2. The number of halogens is 3. The lowest BCUT2D eigenvalue weighted by molar-refractivity contribution is -0.274. The number of sulfonamides is 1. The van der Waals surface area contributed by atoms with Gasteiger partial charge in [0.05, 0.1) is 10.5 Å². The van der Waals surface area contributed by atoms with Crippen LogP contribution in [0.25, 0.3) is 0 Å². The number of alkyl halides is 3. The summed E-state index contributed by atoms with van der Waals surface area (Å²) in [5, 5.41) is 4.74. The maximum Gasteiger partial charge on any atom is 0.573 e. The quantitative estimate of drug-likeness (QED) is 0.831. The number of hydrogen-bond donors (Lipinski definition) is 1. The summed E-state index contributed by atoms with van der Waals surface area (Å²) in [4.78, 5) is 9.89. The summed E-state index contributed by atoms with van der Waals surface area (Å²) in [5.74, 6) is -0.918. The zero-order valence-corrected chi connectivity index (χ0v) is 8.88. The van der Waals surface area contributed by atoms with E-state index in [1.807, 2.05) is 0 Å². The summed E-state index contributed by atoms with van der Waals surface area (Å²) in [6, 6.07) is 2.70. The summed E-state index contributed by atoms with van der Waals surface area (Å²) >= 11 is 0. The van der Waals surface area contributed by atoms with Crippen molar-refractivity contribution in [2.24, 2.45) is 5.14 Å². The molecule has 0 saturated carbocycles. The average molecular weight is 269 g/mol. The SMILES string of the molecule is NS(=O)(=O)c1cccc(OC(F)(F)F)c1C=O. The molecule has 0 radical (unpaired) electrons. The third kappa shape index (κ3) is 3.43. The molecule has 9 heteroatoms. The van der Waals surface area contributed by atoms with Crippen molar-refractivity contribution in [1.82, 2.24) is 0 Å². The molecule has 0 heterocycles. The van der Waals surface area contributed by atoms with Crippen molar-refractivity contribution >= 4 is 16.3 Å². The van der Waals surface area contributed by atoms with Gasteiger partial charge in [0, 0.05) is 0 Å². The number of hydrogen-bond acceptors (Lipinski definition) is 4. The van der Waals surface area contributed by atoms with Crippen molar-refractivity contribution < 1.29 is 31.1 Å². The van der Waals surface area contributed by atoms with Crippen LogP contribution in [0.2, 0.25) is 0 Å². The Morgan fingerprint density at radius 3 is 2.29 bits per heavy atom. The largest absolute Gasteiger partial charge is 0.573 e. The van der Waals surface area contributed by atoms with Crippen molar-refractivity contribution in [1.29, 1.82) is 0 Å². The van der Waals surface area contributed by atoms with Gasteiger partial charge in [0.25, 0.3) is 0 Å². The lowest BCUT2D eigenvalue weighted by atomic mass is 10.2. The van der Waals surface area contributed by atoms with Crippen LogP contribution in [-0.2, 0) is 10.0 Å². The van der Waals surface area contributed by atoms with E-state index in [1.165, 1.54) is 0 Å². The molecule has 0 unspecified atom stereocenters. The molecule has 0 aliphatic carbocycles. The van der Waals surface area contributed by atoms with E-state index in [0.717, 1.165) is 18.2 Å². The minimum Gasteiger partial charge on any atom is -0.405 e. The van der Waals surface area contributed by atoms with Crippen LogP contribution in [-0.4, -0.2) is 21.1 Å². The third-order valence-electron chi connectivity index (χ3n) is 1.68. The molecule has 0 bridgehead atoms. The van der Waals surface area contributed by atoms with Crippen LogP contribution in [0.15, 0.2) is 23.1 Å². The summed E-state index contributed by atoms with van der Waals surface area (Å²) in [5.41, 5.74) is -0.771. The lowest BCUT2D eigenvalue weighted by Gasteiger charge is -2.12. The van der Waals surface area contributed by atoms with Gasteiger partial charge in [-0.15, -0.1) is 13.2 Å². The van der Waals surface area contributed by atoms with Gasteiger partial charge in [0.2, 0.25) is 10.0 Å². The van der Waals surface area contributed by atoms with E-state index in [9.17, 15) is 26.4 Å². The molecule has 0 aliphatic rings. The van der Waals surface area contributed by atoms with E-state index in [0.29, 0.717) is 0 Å². The van der Waals surface area contributed by atoms with E-state index >= 15 is 0 Å². The first-order valence-electron chi connectivity index (χ1n) is 4.02. The van der Waals surface area contributed by atoms with Crippen LogP contribution in [0, 0.1) is 0 Å². The van der Waals surface area contributed by atoms with Gasteiger partial charge in [-0.3, -0.25) is 4.79 Å². The van der Waals surface area contributed by atoms with E-state index in [1.54, 1.807) is 0 Å². The molecule has 0 saturated heterocycles. The van der Waals surface area contributed by atoms with Crippen LogP contribution >= 0.6 is 0 Å². The maximum absolute atomic E-state index is 12.0. The molecule has 0 aromatic heterocycles. The second-order valence-corrected chi connectivity index (χ2v) is 4.41. The molecule has 5 nitrogen and oxygen atoms in total. The van der Waals surface area contributed by atoms with E-state index in [-0.39, 0.29) is 6.29 Å². The van der Waals surface area contributed by atoms with Gasteiger partial charge in [-0.25, -0.2) is 13.6 Å². The Balaban J connectivity index is 3.40. The van der Waals surface area contributed by atoms with Gasteiger partial charge in [-0.1, -0.05) is 6.07 Å². The van der Waals surface area contributed by atoms with E-state index < -0.39 is 32.6 Å². The minimum absolute atomic E-state index is 0.0686. The monoisotopic (exact) mass is 269 g/mol. The molecular weight excluding hydrogens is 263 g/mol. The Bertz CT molecular complexity index is 538. The summed E-state index contributed by atoms with van der Waals surface area (Å²) in [6.07, 6.45) is -5.10. The highest BCUT2D eigenvalue weighted by atomic mass is 32.2. The van der Waals surface area contributed by atoms with E-state index in [4.69, 9.17) is 5.14 Å². The maximum atomic E-state index is 12.0. The van der Waals surface area contributed by atoms with Crippen molar-refractivity contribution in [3.05, 3.63) is 23.8 Å². The van der Waals surface area contributed by atoms with Gasteiger partial charge in [0.15, 0.2) is 6.29 Å². The van der Waals surface area contributed by atoms with Crippen molar-refractivity contribution in [2.75, 3.05) is 0 Å². The molecule has 0 aliphatic heterocycles. The number of carbonyl (C=O) groups excluding carboxylic acids is 1. The molecule has 17 heavy (non-hydrogen) atoms. The fourth-order valence-electron chi connectivity index (χ4n) is 1.10. The third-order valence-corrected chi connectivity index (χ3v) is 2.65. The van der Waals surface area contributed by atoms with Gasteiger partial charge < -0.3 is 4.74 Å². The Kier molecular flexibility index (Phi) is 3.43. The molecule has 2 N–H and O–H groups in total. The molecule has 94 valence electrons. The molecule has 1 rings (SSSR count). The number of nitrogens with two attached hydrogens (primary N) is 1. The molecule has 0 fully saturated rings. The second kappa shape index (κ2) is 4.34. The van der Waals surface area contributed by atoms with Crippen LogP contribution < -0.4 is 9.88 Å². The highest BCUT2D eigenvalue weighted by molar-refractivity contribution is 7.89. The number of aldehydes is 1. The minimum atomic E-state index is -5.03. The number of rotatable bonds is 3. The number of primary sulfonamides is 1. The van der Waals surface area contributed by atoms with Crippen LogP contribution in [0.4, 0.5) is 13.2 Å². The Hall–Kier alpha value is -1.61. The number of ether oxygens (including phenoxy) is 1. The predicted molar refractivity (Wildman–Crippen MR) is 49.9 cm³/mol. The lowest BCUT2D eigenvalue weighted by Crippen LogP contribution is -2.20. The zero-order valence-electron chi connectivity index (χ0n) is 8.06. The first-order chi connectivity index (χ1) is 7.65. The van der Waals surface area contributed by atoms with Gasteiger partial charge in [0.1, 0.15) is 5.75 Å². The zero-order chi connectivity index (χ0) is 13.3. The highest BCUT2D eigenvalue weighted by Crippen LogP contribution is 2.28. The summed E-state index contributed by atoms with van der Waals surface area (Å²) in [6.45, 7) is 0. The van der Waals surface area contributed by atoms with Crippen molar-refractivity contribution in [2.45, 2.75) is 11.3 Å². The topological polar surface area (TPSA) is 86.5 Å². The predicted octanol–water partition coefficient (Wildman–Crippen LogP) is 1.05. The molecule has 0 spiro atoms. The van der Waals surface area contributed by atoms with E-state index in [2.05, 4.69) is 4.74 Å². The Morgan fingerprint density at radius 2 is 1.88 bits per heavy atom. The highest BCUT2D eigenvalue weighted by Gasteiger charge is 2.33.